The maximum Gasteiger partial charge on any atom is 0.242 e. The van der Waals surface area contributed by atoms with Gasteiger partial charge in [0.2, 0.25) is 11.8 Å². The van der Waals surface area contributed by atoms with Crippen LogP contribution >= 0.6 is 0 Å². The first-order valence-electron chi connectivity index (χ1n) is 8.68. The summed E-state index contributed by atoms with van der Waals surface area (Å²) >= 11 is 0. The number of hydrogen-bond acceptors (Lipinski definition) is 4. The van der Waals surface area contributed by atoms with Crippen molar-refractivity contribution in [2.24, 2.45) is 0 Å². The van der Waals surface area contributed by atoms with Gasteiger partial charge in [-0.15, -0.1) is 0 Å². The van der Waals surface area contributed by atoms with Gasteiger partial charge >= 0.3 is 0 Å². The average Bonchev–Trinajstić information content (AvgIpc) is 2.59. The maximum atomic E-state index is 12.6. The van der Waals surface area contributed by atoms with E-state index in [0.717, 1.165) is 11.1 Å². The molecule has 0 radical (unpaired) electrons. The minimum absolute atomic E-state index is 0.0811. The van der Waals surface area contributed by atoms with Gasteiger partial charge < -0.3 is 10.6 Å². The molecular formula is C20H24N2O4S. The van der Waals surface area contributed by atoms with Crippen molar-refractivity contribution in [3.05, 3.63) is 59.7 Å². The molecule has 1 unspecified atom stereocenters. The molecule has 0 fully saturated rings. The van der Waals surface area contributed by atoms with Crippen LogP contribution < -0.4 is 10.6 Å². The third-order valence-corrected chi connectivity index (χ3v) is 6.29. The first kappa shape index (κ1) is 20.6. The number of aryl methyl sites for hydroxylation is 2. The van der Waals surface area contributed by atoms with Crippen molar-refractivity contribution in [3.8, 4) is 0 Å². The van der Waals surface area contributed by atoms with Crippen LogP contribution in [0.5, 0.6) is 0 Å². The van der Waals surface area contributed by atoms with Gasteiger partial charge in [0.25, 0.3) is 0 Å². The second-order valence-corrected chi connectivity index (χ2v) is 8.56. The fourth-order valence-corrected chi connectivity index (χ4v) is 4.35. The largest absolute Gasteiger partial charge is 0.325 e. The van der Waals surface area contributed by atoms with E-state index >= 15 is 0 Å². The topological polar surface area (TPSA) is 92.3 Å². The van der Waals surface area contributed by atoms with Crippen molar-refractivity contribution in [2.45, 2.75) is 32.4 Å². The highest BCUT2D eigenvalue weighted by Crippen LogP contribution is 2.21. The smallest absolute Gasteiger partial charge is 0.242 e. The number of rotatable bonds is 7. The number of carbonyl (C=O) groups excluding carboxylic acids is 2. The van der Waals surface area contributed by atoms with Crippen molar-refractivity contribution in [3.63, 3.8) is 0 Å². The molecule has 6 nitrogen and oxygen atoms in total. The van der Waals surface area contributed by atoms with Gasteiger partial charge in [0.1, 0.15) is 11.0 Å². The summed E-state index contributed by atoms with van der Waals surface area (Å²) in [6.45, 7) is 5.29. The number of para-hydroxylation sites is 2. The van der Waals surface area contributed by atoms with Gasteiger partial charge in [0, 0.05) is 11.4 Å². The average molecular weight is 388 g/mol. The third-order valence-electron chi connectivity index (χ3n) is 4.22. The minimum Gasteiger partial charge on any atom is -0.325 e. The Hall–Kier alpha value is -2.67. The Balaban J connectivity index is 2.12. The van der Waals surface area contributed by atoms with Crippen LogP contribution in [-0.4, -0.2) is 31.2 Å². The molecule has 0 heterocycles. The standard InChI is InChI=1S/C20H24N2O4S/c1-4-17(20(24)22-19-14(2)9-8-10-15(19)3)27(25,26)13-18(23)21-16-11-6-5-7-12-16/h5-12,17H,4,13H2,1-3H3,(H,21,23)(H,22,24). The summed E-state index contributed by atoms with van der Waals surface area (Å²) in [5, 5.41) is 3.95. The second-order valence-electron chi connectivity index (χ2n) is 6.37. The number of benzene rings is 2. The lowest BCUT2D eigenvalue weighted by atomic mass is 10.1. The Morgan fingerprint density at radius 3 is 2.07 bits per heavy atom. The Labute approximate surface area is 159 Å². The van der Waals surface area contributed by atoms with Crippen LogP contribution in [0.1, 0.15) is 24.5 Å². The molecule has 2 rings (SSSR count). The summed E-state index contributed by atoms with van der Waals surface area (Å²) in [5.41, 5.74) is 2.80. The lowest BCUT2D eigenvalue weighted by Gasteiger charge is -2.18. The summed E-state index contributed by atoms with van der Waals surface area (Å²) in [6.07, 6.45) is 0.0811. The number of sulfone groups is 1. The zero-order chi connectivity index (χ0) is 20.0. The zero-order valence-electron chi connectivity index (χ0n) is 15.7. The first-order valence-corrected chi connectivity index (χ1v) is 10.4. The second kappa shape index (κ2) is 8.81. The Kier molecular flexibility index (Phi) is 6.74. The van der Waals surface area contributed by atoms with Gasteiger partial charge in [-0.05, 0) is 43.5 Å². The first-order chi connectivity index (χ1) is 12.7. The fourth-order valence-electron chi connectivity index (χ4n) is 2.82. The molecule has 0 aliphatic carbocycles. The normalized spacial score (nSPS) is 12.3. The molecule has 0 spiro atoms. The summed E-state index contributed by atoms with van der Waals surface area (Å²) < 4.78 is 25.3. The van der Waals surface area contributed by atoms with Gasteiger partial charge in [-0.25, -0.2) is 8.42 Å². The van der Waals surface area contributed by atoms with E-state index in [9.17, 15) is 18.0 Å². The quantitative estimate of drug-likeness (QED) is 0.762. The van der Waals surface area contributed by atoms with Crippen LogP contribution in [0.15, 0.2) is 48.5 Å². The summed E-state index contributed by atoms with van der Waals surface area (Å²) in [6, 6.07) is 14.1. The monoisotopic (exact) mass is 388 g/mol. The molecule has 2 aromatic carbocycles. The molecule has 2 amide bonds. The van der Waals surface area contributed by atoms with E-state index < -0.39 is 32.7 Å². The van der Waals surface area contributed by atoms with E-state index in [1.165, 1.54) is 0 Å². The molecule has 27 heavy (non-hydrogen) atoms. The highest BCUT2D eigenvalue weighted by Gasteiger charge is 2.33. The van der Waals surface area contributed by atoms with E-state index in [4.69, 9.17) is 0 Å². The molecule has 0 saturated carbocycles. The van der Waals surface area contributed by atoms with Gasteiger partial charge in [-0.2, -0.15) is 0 Å². The summed E-state index contributed by atoms with van der Waals surface area (Å²) in [7, 11) is -3.96. The predicted molar refractivity (Wildman–Crippen MR) is 107 cm³/mol. The summed E-state index contributed by atoms with van der Waals surface area (Å²) in [5.74, 6) is -2.04. The van der Waals surface area contributed by atoms with E-state index in [-0.39, 0.29) is 6.42 Å². The van der Waals surface area contributed by atoms with Crippen molar-refractivity contribution in [1.29, 1.82) is 0 Å². The minimum atomic E-state index is -3.96. The van der Waals surface area contributed by atoms with Crippen LogP contribution in [0, 0.1) is 13.8 Å². The van der Waals surface area contributed by atoms with Crippen LogP contribution in [0.2, 0.25) is 0 Å². The molecule has 7 heteroatoms. The van der Waals surface area contributed by atoms with Crippen LogP contribution in [0.3, 0.4) is 0 Å². The van der Waals surface area contributed by atoms with Crippen molar-refractivity contribution < 1.29 is 18.0 Å². The molecule has 1 atom stereocenters. The molecule has 2 N–H and O–H groups in total. The lowest BCUT2D eigenvalue weighted by molar-refractivity contribution is -0.115. The number of hydrogen-bond donors (Lipinski definition) is 2. The Morgan fingerprint density at radius 2 is 1.52 bits per heavy atom. The van der Waals surface area contributed by atoms with Gasteiger partial charge in [0.05, 0.1) is 0 Å². The van der Waals surface area contributed by atoms with Gasteiger partial charge in [0.15, 0.2) is 9.84 Å². The van der Waals surface area contributed by atoms with E-state index in [1.54, 1.807) is 37.3 Å². The fraction of sp³-hybridized carbons (Fsp3) is 0.300. The molecular weight excluding hydrogens is 364 g/mol. The summed E-state index contributed by atoms with van der Waals surface area (Å²) in [4.78, 5) is 24.7. The Bertz CT molecular complexity index is 904. The lowest BCUT2D eigenvalue weighted by Crippen LogP contribution is -2.39. The maximum absolute atomic E-state index is 12.6. The van der Waals surface area contributed by atoms with Crippen molar-refractivity contribution in [2.75, 3.05) is 16.4 Å². The molecule has 0 aromatic heterocycles. The third kappa shape index (κ3) is 5.40. The molecule has 0 aliphatic heterocycles. The molecule has 144 valence electrons. The van der Waals surface area contributed by atoms with Crippen molar-refractivity contribution >= 4 is 33.0 Å². The molecule has 2 aromatic rings. The number of nitrogens with one attached hydrogen (secondary N) is 2. The van der Waals surface area contributed by atoms with Crippen LogP contribution in [0.4, 0.5) is 11.4 Å². The molecule has 0 saturated heterocycles. The number of anilines is 2. The van der Waals surface area contributed by atoms with E-state index in [2.05, 4.69) is 10.6 Å². The zero-order valence-corrected chi connectivity index (χ0v) is 16.5. The SMILES string of the molecule is CCC(C(=O)Nc1c(C)cccc1C)S(=O)(=O)CC(=O)Nc1ccccc1. The Morgan fingerprint density at radius 1 is 0.926 bits per heavy atom. The van der Waals surface area contributed by atoms with Crippen molar-refractivity contribution in [1.82, 2.24) is 0 Å². The molecule has 0 bridgehead atoms. The molecule has 0 aliphatic rings. The van der Waals surface area contributed by atoms with Gasteiger partial charge in [-0.3, -0.25) is 9.59 Å². The number of carbonyl (C=O) groups is 2. The van der Waals surface area contributed by atoms with E-state index in [1.807, 2.05) is 32.0 Å². The van der Waals surface area contributed by atoms with Gasteiger partial charge in [-0.1, -0.05) is 43.3 Å². The number of amides is 2. The predicted octanol–water partition coefficient (Wildman–Crippen LogP) is 3.07. The van der Waals surface area contributed by atoms with E-state index in [0.29, 0.717) is 11.4 Å². The van der Waals surface area contributed by atoms with Crippen LogP contribution in [-0.2, 0) is 19.4 Å². The van der Waals surface area contributed by atoms with Crippen LogP contribution in [0.25, 0.3) is 0 Å². The highest BCUT2D eigenvalue weighted by molar-refractivity contribution is 7.93. The highest BCUT2D eigenvalue weighted by atomic mass is 32.2.